The lowest BCUT2D eigenvalue weighted by Crippen LogP contribution is -2.41. The van der Waals surface area contributed by atoms with E-state index in [1.54, 1.807) is 4.90 Å². The van der Waals surface area contributed by atoms with Gasteiger partial charge in [-0.15, -0.1) is 12.4 Å². The van der Waals surface area contributed by atoms with Crippen molar-refractivity contribution in [2.24, 2.45) is 0 Å². The Morgan fingerprint density at radius 3 is 2.90 bits per heavy atom. The number of nitrogens with zero attached hydrogens (tertiary/aromatic N) is 1. The summed E-state index contributed by atoms with van der Waals surface area (Å²) in [6.45, 7) is 3.41. The van der Waals surface area contributed by atoms with Gasteiger partial charge in [0.25, 0.3) is 0 Å². The molecule has 0 aromatic carbocycles. The molecule has 5 nitrogen and oxygen atoms in total. The number of hydrogen-bond donors (Lipinski definition) is 2. The van der Waals surface area contributed by atoms with Crippen LogP contribution in [0.2, 0.25) is 0 Å². The molecule has 0 atom stereocenters. The second-order valence-electron chi connectivity index (χ2n) is 5.22. The van der Waals surface area contributed by atoms with E-state index < -0.39 is 0 Å². The number of carbonyl (C=O) groups is 2. The molecule has 2 rings (SSSR count). The van der Waals surface area contributed by atoms with Crippen LogP contribution in [0.5, 0.6) is 0 Å². The van der Waals surface area contributed by atoms with Crippen LogP contribution in [0.1, 0.15) is 32.1 Å². The minimum absolute atomic E-state index is 0. The van der Waals surface area contributed by atoms with E-state index in [1.165, 1.54) is 5.57 Å². The molecule has 1 saturated heterocycles. The molecule has 6 heteroatoms. The van der Waals surface area contributed by atoms with Crippen LogP contribution in [0.3, 0.4) is 0 Å². The highest BCUT2D eigenvalue weighted by Crippen LogP contribution is 2.10. The zero-order valence-electron chi connectivity index (χ0n) is 11.8. The normalized spacial score (nSPS) is 19.7. The Hall–Kier alpha value is -1.07. The number of carbonyl (C=O) groups excluding carboxylic acids is 2. The summed E-state index contributed by atoms with van der Waals surface area (Å²) in [7, 11) is 0. The first kappa shape index (κ1) is 17.0. The van der Waals surface area contributed by atoms with Gasteiger partial charge < -0.3 is 15.5 Å². The highest BCUT2D eigenvalue weighted by Gasteiger charge is 2.19. The zero-order chi connectivity index (χ0) is 13.5. The van der Waals surface area contributed by atoms with E-state index in [2.05, 4.69) is 16.7 Å². The standard InChI is InChI=1S/C14H23N3O2.ClH/c18-13(16-10-12-5-7-15-8-6-12)11-17-9-3-1-2-4-14(17)19;/h5,15H,1-4,6-11H2,(H,16,18);1H. The number of amides is 2. The van der Waals surface area contributed by atoms with Gasteiger partial charge in [0, 0.05) is 26.1 Å². The van der Waals surface area contributed by atoms with Crippen LogP contribution in [-0.2, 0) is 9.59 Å². The highest BCUT2D eigenvalue weighted by atomic mass is 35.5. The predicted octanol–water partition coefficient (Wildman–Crippen LogP) is 0.847. The van der Waals surface area contributed by atoms with E-state index >= 15 is 0 Å². The Balaban J connectivity index is 0.00000200. The molecule has 2 aliphatic heterocycles. The third-order valence-electron chi connectivity index (χ3n) is 3.68. The highest BCUT2D eigenvalue weighted by molar-refractivity contribution is 5.85. The third-order valence-corrected chi connectivity index (χ3v) is 3.68. The van der Waals surface area contributed by atoms with E-state index in [1.807, 2.05) is 0 Å². The Morgan fingerprint density at radius 1 is 1.30 bits per heavy atom. The molecule has 0 unspecified atom stereocenters. The monoisotopic (exact) mass is 301 g/mol. The van der Waals surface area contributed by atoms with Crippen molar-refractivity contribution in [2.75, 3.05) is 32.7 Å². The molecule has 2 aliphatic rings. The summed E-state index contributed by atoms with van der Waals surface area (Å²) < 4.78 is 0. The van der Waals surface area contributed by atoms with Crippen molar-refractivity contribution >= 4 is 24.2 Å². The molecule has 1 fully saturated rings. The van der Waals surface area contributed by atoms with Crippen LogP contribution in [0.15, 0.2) is 11.6 Å². The predicted molar refractivity (Wildman–Crippen MR) is 80.9 cm³/mol. The van der Waals surface area contributed by atoms with Gasteiger partial charge in [0.1, 0.15) is 0 Å². The van der Waals surface area contributed by atoms with Crippen molar-refractivity contribution in [3.05, 3.63) is 11.6 Å². The number of hydrogen-bond acceptors (Lipinski definition) is 3. The molecular formula is C14H24ClN3O2. The average molecular weight is 302 g/mol. The molecule has 20 heavy (non-hydrogen) atoms. The zero-order valence-corrected chi connectivity index (χ0v) is 12.6. The Bertz CT molecular complexity index is 371. The topological polar surface area (TPSA) is 61.4 Å². The summed E-state index contributed by atoms with van der Waals surface area (Å²) in [5.41, 5.74) is 1.27. The van der Waals surface area contributed by atoms with Crippen LogP contribution in [-0.4, -0.2) is 49.4 Å². The van der Waals surface area contributed by atoms with Gasteiger partial charge >= 0.3 is 0 Å². The molecule has 114 valence electrons. The summed E-state index contributed by atoms with van der Waals surface area (Å²) in [5.74, 6) is 0.0726. The SMILES string of the molecule is Cl.O=C(CN1CCCCCC1=O)NCC1=CCNCC1. The summed E-state index contributed by atoms with van der Waals surface area (Å²) in [6, 6.07) is 0. The van der Waals surface area contributed by atoms with Gasteiger partial charge in [-0.3, -0.25) is 9.59 Å². The molecule has 0 aromatic heterocycles. The second kappa shape index (κ2) is 8.97. The van der Waals surface area contributed by atoms with Crippen LogP contribution in [0.4, 0.5) is 0 Å². The lowest BCUT2D eigenvalue weighted by molar-refractivity contribution is -0.135. The maximum Gasteiger partial charge on any atom is 0.239 e. The summed E-state index contributed by atoms with van der Waals surface area (Å²) in [5, 5.41) is 6.15. The number of rotatable bonds is 4. The Kier molecular flexibility index (Phi) is 7.62. The largest absolute Gasteiger partial charge is 0.351 e. The molecule has 0 bridgehead atoms. The van der Waals surface area contributed by atoms with Gasteiger partial charge in [0.05, 0.1) is 6.54 Å². The molecular weight excluding hydrogens is 278 g/mol. The third kappa shape index (κ3) is 5.51. The van der Waals surface area contributed by atoms with E-state index in [0.29, 0.717) is 13.0 Å². The summed E-state index contributed by atoms with van der Waals surface area (Å²) in [6.07, 6.45) is 6.75. The first-order chi connectivity index (χ1) is 9.25. The molecule has 0 aromatic rings. The minimum atomic E-state index is -0.0466. The van der Waals surface area contributed by atoms with E-state index in [9.17, 15) is 9.59 Å². The van der Waals surface area contributed by atoms with Crippen molar-refractivity contribution in [2.45, 2.75) is 32.1 Å². The minimum Gasteiger partial charge on any atom is -0.351 e. The maximum absolute atomic E-state index is 11.9. The molecule has 0 saturated carbocycles. The number of nitrogens with one attached hydrogen (secondary N) is 2. The average Bonchev–Trinajstić information content (AvgIpc) is 2.63. The molecule has 0 aliphatic carbocycles. The van der Waals surface area contributed by atoms with Crippen molar-refractivity contribution in [3.8, 4) is 0 Å². The first-order valence-electron chi connectivity index (χ1n) is 7.19. The van der Waals surface area contributed by atoms with Gasteiger partial charge in [-0.25, -0.2) is 0 Å². The van der Waals surface area contributed by atoms with Gasteiger partial charge in [0.2, 0.25) is 11.8 Å². The van der Waals surface area contributed by atoms with Crippen LogP contribution in [0.25, 0.3) is 0 Å². The van der Waals surface area contributed by atoms with Gasteiger partial charge in [0.15, 0.2) is 0 Å². The van der Waals surface area contributed by atoms with Crippen LogP contribution >= 0.6 is 12.4 Å². The Morgan fingerprint density at radius 2 is 2.15 bits per heavy atom. The fourth-order valence-corrected chi connectivity index (χ4v) is 2.48. The lowest BCUT2D eigenvalue weighted by atomic mass is 10.1. The van der Waals surface area contributed by atoms with Gasteiger partial charge in [-0.1, -0.05) is 18.1 Å². The molecule has 2 N–H and O–H groups in total. The second-order valence-corrected chi connectivity index (χ2v) is 5.22. The first-order valence-corrected chi connectivity index (χ1v) is 7.19. The molecule has 0 radical (unpaired) electrons. The number of halogens is 1. The molecule has 2 amide bonds. The van der Waals surface area contributed by atoms with E-state index in [-0.39, 0.29) is 30.8 Å². The Labute approximate surface area is 126 Å². The van der Waals surface area contributed by atoms with Crippen molar-refractivity contribution in [1.82, 2.24) is 15.5 Å². The van der Waals surface area contributed by atoms with Crippen molar-refractivity contribution < 1.29 is 9.59 Å². The summed E-state index contributed by atoms with van der Waals surface area (Å²) >= 11 is 0. The van der Waals surface area contributed by atoms with Crippen LogP contribution < -0.4 is 10.6 Å². The van der Waals surface area contributed by atoms with E-state index in [0.717, 1.165) is 45.3 Å². The quantitative estimate of drug-likeness (QED) is 0.757. The smallest absolute Gasteiger partial charge is 0.239 e. The molecule has 0 spiro atoms. The fraction of sp³-hybridized carbons (Fsp3) is 0.714. The van der Waals surface area contributed by atoms with Crippen molar-refractivity contribution in [1.29, 1.82) is 0 Å². The fourth-order valence-electron chi connectivity index (χ4n) is 2.48. The lowest BCUT2D eigenvalue weighted by Gasteiger charge is -2.20. The molecule has 2 heterocycles. The van der Waals surface area contributed by atoms with Crippen LogP contribution in [0, 0.1) is 0 Å². The summed E-state index contributed by atoms with van der Waals surface area (Å²) in [4.78, 5) is 25.3. The maximum atomic E-state index is 11.9. The van der Waals surface area contributed by atoms with Gasteiger partial charge in [-0.05, 0) is 25.8 Å². The van der Waals surface area contributed by atoms with Crippen molar-refractivity contribution in [3.63, 3.8) is 0 Å². The van der Waals surface area contributed by atoms with Gasteiger partial charge in [-0.2, -0.15) is 0 Å². The van der Waals surface area contributed by atoms with E-state index in [4.69, 9.17) is 0 Å². The number of likely N-dealkylation sites (tertiary alicyclic amines) is 1.